The van der Waals surface area contributed by atoms with Gasteiger partial charge >= 0.3 is 0 Å². The van der Waals surface area contributed by atoms with Gasteiger partial charge in [-0.2, -0.15) is 15.0 Å². The van der Waals surface area contributed by atoms with E-state index in [1.807, 2.05) is 0 Å². The maximum Gasteiger partial charge on any atom is 0.229 e. The Kier molecular flexibility index (Phi) is 14.1. The molecule has 0 aliphatic heterocycles. The van der Waals surface area contributed by atoms with Crippen molar-refractivity contribution in [2.75, 3.05) is 94.5 Å². The molecule has 0 bridgehead atoms. The fourth-order valence-corrected chi connectivity index (χ4v) is 3.21. The van der Waals surface area contributed by atoms with Gasteiger partial charge in [-0.3, -0.25) is 0 Å². The molecule has 0 saturated carbocycles. The molecule has 0 aromatic carbocycles. The predicted molar refractivity (Wildman–Crippen MR) is 129 cm³/mol. The standard InChI is InChI=1S/C21H45N9/c1-7-28(8-2)16-13-22-19-25-20(23-14-17-29(9-3)10-4)27-21(26-19)24-15-18-30(11-5)12-6/h7-18H2,1-6H3,(H3,22,23,24,25,26,27). The van der Waals surface area contributed by atoms with Crippen LogP contribution in [-0.4, -0.2) is 108 Å². The smallest absolute Gasteiger partial charge is 0.229 e. The zero-order chi connectivity index (χ0) is 22.2. The Morgan fingerprint density at radius 3 is 0.900 bits per heavy atom. The molecule has 0 amide bonds. The highest BCUT2D eigenvalue weighted by Gasteiger charge is 2.08. The third kappa shape index (κ3) is 10.4. The summed E-state index contributed by atoms with van der Waals surface area (Å²) in [4.78, 5) is 20.8. The first kappa shape index (κ1) is 26.3. The number of hydrogen-bond acceptors (Lipinski definition) is 9. The molecule has 1 aromatic heterocycles. The molecule has 1 aromatic rings. The zero-order valence-corrected chi connectivity index (χ0v) is 20.2. The lowest BCUT2D eigenvalue weighted by Crippen LogP contribution is -2.30. The van der Waals surface area contributed by atoms with Crippen molar-refractivity contribution in [2.45, 2.75) is 41.5 Å². The molecular formula is C21H45N9. The lowest BCUT2D eigenvalue weighted by atomic mass is 10.4. The number of rotatable bonds is 18. The number of nitrogens with one attached hydrogen (secondary N) is 3. The minimum absolute atomic E-state index is 0.618. The molecule has 9 heteroatoms. The van der Waals surface area contributed by atoms with Crippen molar-refractivity contribution in [2.24, 2.45) is 0 Å². The summed E-state index contributed by atoms with van der Waals surface area (Å²) < 4.78 is 0. The fraction of sp³-hybridized carbons (Fsp3) is 0.857. The van der Waals surface area contributed by atoms with Crippen LogP contribution in [0.15, 0.2) is 0 Å². The maximum absolute atomic E-state index is 4.57. The molecule has 9 nitrogen and oxygen atoms in total. The number of nitrogens with zero attached hydrogens (tertiary/aromatic N) is 6. The van der Waals surface area contributed by atoms with Crippen LogP contribution in [0.4, 0.5) is 17.8 Å². The number of hydrogen-bond donors (Lipinski definition) is 3. The molecule has 0 saturated heterocycles. The predicted octanol–water partition coefficient (Wildman–Crippen LogP) is 2.13. The van der Waals surface area contributed by atoms with Crippen molar-refractivity contribution in [1.29, 1.82) is 0 Å². The van der Waals surface area contributed by atoms with Gasteiger partial charge in [0.2, 0.25) is 17.8 Å². The van der Waals surface area contributed by atoms with Gasteiger partial charge in [0, 0.05) is 39.3 Å². The Bertz CT molecular complexity index is 455. The van der Waals surface area contributed by atoms with Crippen LogP contribution in [0.2, 0.25) is 0 Å². The van der Waals surface area contributed by atoms with E-state index >= 15 is 0 Å². The highest BCUT2D eigenvalue weighted by atomic mass is 15.3. The normalized spacial score (nSPS) is 11.5. The number of anilines is 3. The lowest BCUT2D eigenvalue weighted by molar-refractivity contribution is 0.315. The van der Waals surface area contributed by atoms with Crippen LogP contribution in [0, 0.1) is 0 Å². The topological polar surface area (TPSA) is 84.5 Å². The largest absolute Gasteiger partial charge is 0.353 e. The van der Waals surface area contributed by atoms with E-state index in [1.165, 1.54) is 0 Å². The molecule has 0 unspecified atom stereocenters. The Morgan fingerprint density at radius 1 is 0.467 bits per heavy atom. The molecule has 1 heterocycles. The lowest BCUT2D eigenvalue weighted by Gasteiger charge is -2.20. The third-order valence-electron chi connectivity index (χ3n) is 5.45. The van der Waals surface area contributed by atoms with E-state index in [1.54, 1.807) is 0 Å². The molecule has 0 aliphatic rings. The van der Waals surface area contributed by atoms with Crippen LogP contribution in [0.1, 0.15) is 41.5 Å². The molecule has 174 valence electrons. The minimum Gasteiger partial charge on any atom is -0.353 e. The Hall–Kier alpha value is -1.71. The van der Waals surface area contributed by atoms with Crippen molar-refractivity contribution < 1.29 is 0 Å². The summed E-state index contributed by atoms with van der Waals surface area (Å²) in [6.45, 7) is 24.7. The summed E-state index contributed by atoms with van der Waals surface area (Å²) in [5.41, 5.74) is 0. The van der Waals surface area contributed by atoms with Crippen molar-refractivity contribution in [3.63, 3.8) is 0 Å². The summed E-state index contributed by atoms with van der Waals surface area (Å²) >= 11 is 0. The quantitative estimate of drug-likeness (QED) is 0.329. The van der Waals surface area contributed by atoms with Gasteiger partial charge < -0.3 is 30.7 Å². The molecule has 0 radical (unpaired) electrons. The SMILES string of the molecule is CCN(CC)CCNc1nc(NCCN(CC)CC)nc(NCCN(CC)CC)n1. The average Bonchev–Trinajstić information content (AvgIpc) is 2.77. The van der Waals surface area contributed by atoms with Crippen LogP contribution < -0.4 is 16.0 Å². The molecule has 3 N–H and O–H groups in total. The summed E-state index contributed by atoms with van der Waals surface area (Å²) in [7, 11) is 0. The summed E-state index contributed by atoms with van der Waals surface area (Å²) in [6, 6.07) is 0. The minimum atomic E-state index is 0.618. The molecule has 0 fully saturated rings. The van der Waals surface area contributed by atoms with E-state index in [0.717, 1.165) is 78.5 Å². The number of likely N-dealkylation sites (N-methyl/N-ethyl adjacent to an activating group) is 3. The van der Waals surface area contributed by atoms with Crippen LogP contribution in [-0.2, 0) is 0 Å². The monoisotopic (exact) mass is 423 g/mol. The third-order valence-corrected chi connectivity index (χ3v) is 5.45. The fourth-order valence-electron chi connectivity index (χ4n) is 3.21. The van der Waals surface area contributed by atoms with Gasteiger partial charge in [-0.1, -0.05) is 41.5 Å². The van der Waals surface area contributed by atoms with Gasteiger partial charge in [0.05, 0.1) is 0 Å². The van der Waals surface area contributed by atoms with Crippen LogP contribution in [0.25, 0.3) is 0 Å². The van der Waals surface area contributed by atoms with Crippen molar-refractivity contribution in [3.05, 3.63) is 0 Å². The molecule has 1 rings (SSSR count). The maximum atomic E-state index is 4.57. The summed E-state index contributed by atoms with van der Waals surface area (Å²) in [6.07, 6.45) is 0. The van der Waals surface area contributed by atoms with Gasteiger partial charge in [-0.15, -0.1) is 0 Å². The van der Waals surface area contributed by atoms with E-state index in [4.69, 9.17) is 0 Å². The first-order valence-electron chi connectivity index (χ1n) is 11.7. The van der Waals surface area contributed by atoms with Crippen LogP contribution in [0.5, 0.6) is 0 Å². The molecular weight excluding hydrogens is 378 g/mol. The summed E-state index contributed by atoms with van der Waals surface area (Å²) in [5, 5.41) is 10.1. The molecule has 0 atom stereocenters. The van der Waals surface area contributed by atoms with Crippen molar-refractivity contribution in [1.82, 2.24) is 29.7 Å². The zero-order valence-electron chi connectivity index (χ0n) is 20.2. The van der Waals surface area contributed by atoms with Crippen molar-refractivity contribution in [3.8, 4) is 0 Å². The number of aromatic nitrogens is 3. The summed E-state index contributed by atoms with van der Waals surface area (Å²) in [5.74, 6) is 1.86. The van der Waals surface area contributed by atoms with E-state index in [2.05, 4.69) is 87.1 Å². The average molecular weight is 424 g/mol. The van der Waals surface area contributed by atoms with Crippen LogP contribution >= 0.6 is 0 Å². The first-order chi connectivity index (χ1) is 14.6. The second-order valence-electron chi connectivity index (χ2n) is 7.17. The Balaban J connectivity index is 2.73. The molecule has 0 aliphatic carbocycles. The van der Waals surface area contributed by atoms with Gasteiger partial charge in [-0.05, 0) is 39.3 Å². The van der Waals surface area contributed by atoms with Crippen molar-refractivity contribution >= 4 is 17.8 Å². The van der Waals surface area contributed by atoms with Gasteiger partial charge in [0.15, 0.2) is 0 Å². The highest BCUT2D eigenvalue weighted by Crippen LogP contribution is 2.09. The van der Waals surface area contributed by atoms with E-state index in [9.17, 15) is 0 Å². The van der Waals surface area contributed by atoms with E-state index in [-0.39, 0.29) is 0 Å². The molecule has 30 heavy (non-hydrogen) atoms. The van der Waals surface area contributed by atoms with Crippen LogP contribution in [0.3, 0.4) is 0 Å². The first-order valence-corrected chi connectivity index (χ1v) is 11.7. The van der Waals surface area contributed by atoms with E-state index < -0.39 is 0 Å². The highest BCUT2D eigenvalue weighted by molar-refractivity contribution is 5.42. The molecule has 0 spiro atoms. The van der Waals surface area contributed by atoms with Gasteiger partial charge in [-0.25, -0.2) is 0 Å². The Labute approximate surface area is 184 Å². The van der Waals surface area contributed by atoms with Gasteiger partial charge in [0.1, 0.15) is 0 Å². The van der Waals surface area contributed by atoms with E-state index in [0.29, 0.717) is 17.8 Å². The second-order valence-corrected chi connectivity index (χ2v) is 7.17. The van der Waals surface area contributed by atoms with Gasteiger partial charge in [0.25, 0.3) is 0 Å². The second kappa shape index (κ2) is 16.0. The Morgan fingerprint density at radius 2 is 0.700 bits per heavy atom.